The minimum Gasteiger partial charge on any atom is -0.504 e. The minimum absolute atomic E-state index is 0.00881. The molecule has 1 amide bonds. The van der Waals surface area contributed by atoms with Crippen molar-refractivity contribution in [1.29, 1.82) is 0 Å². The van der Waals surface area contributed by atoms with Crippen LogP contribution < -0.4 is 10.2 Å². The Hall–Kier alpha value is -2.32. The smallest absolute Gasteiger partial charge is 0.307 e. The van der Waals surface area contributed by atoms with Crippen molar-refractivity contribution in [2.45, 2.75) is 0 Å². The fraction of sp³-hybridized carbons (Fsp3) is 0.0588. The van der Waals surface area contributed by atoms with Gasteiger partial charge in [0.15, 0.2) is 17.3 Å². The summed E-state index contributed by atoms with van der Waals surface area (Å²) in [7, 11) is 1.47. The lowest BCUT2D eigenvalue weighted by Crippen LogP contribution is -2.16. The summed E-state index contributed by atoms with van der Waals surface area (Å²) < 4.78 is 12.1. The lowest BCUT2D eigenvalue weighted by molar-refractivity contribution is 0.0929. The molecule has 2 N–H and O–H groups in total. The van der Waals surface area contributed by atoms with Gasteiger partial charge in [0.25, 0.3) is 0 Å². The summed E-state index contributed by atoms with van der Waals surface area (Å²) in [6.45, 7) is 0. The maximum Gasteiger partial charge on any atom is 0.307 e. The average Bonchev–Trinajstić information content (AvgIpc) is 2.99. The van der Waals surface area contributed by atoms with Gasteiger partial charge in [0.05, 0.1) is 17.8 Å². The number of fused-ring (bicyclic) bond motifs is 1. The lowest BCUT2D eigenvalue weighted by Gasteiger charge is -2.03. The first-order valence-corrected chi connectivity index (χ1v) is 8.65. The molecule has 1 aromatic heterocycles. The van der Waals surface area contributed by atoms with Crippen molar-refractivity contribution in [2.75, 3.05) is 7.11 Å². The molecule has 1 heterocycles. The van der Waals surface area contributed by atoms with Crippen LogP contribution in [-0.2, 0) is 0 Å². The van der Waals surface area contributed by atoms with Crippen LogP contribution in [0.5, 0.6) is 11.5 Å². The van der Waals surface area contributed by atoms with Gasteiger partial charge in [0.1, 0.15) is 5.58 Å². The van der Waals surface area contributed by atoms with Gasteiger partial charge in [-0.2, -0.15) is 5.10 Å². The largest absolute Gasteiger partial charge is 0.504 e. The van der Waals surface area contributed by atoms with E-state index in [0.29, 0.717) is 16.9 Å². The second kappa shape index (κ2) is 7.28. The third kappa shape index (κ3) is 3.85. The monoisotopic (exact) mass is 466 g/mol. The molecule has 128 valence electrons. The number of halogens is 2. The van der Waals surface area contributed by atoms with Crippen molar-refractivity contribution < 1.29 is 19.1 Å². The van der Waals surface area contributed by atoms with Crippen molar-refractivity contribution in [2.24, 2.45) is 5.10 Å². The van der Waals surface area contributed by atoms with Crippen LogP contribution in [-0.4, -0.2) is 24.3 Å². The Labute approximate surface area is 159 Å². The van der Waals surface area contributed by atoms with E-state index in [0.717, 1.165) is 14.3 Å². The average molecular weight is 468 g/mol. The van der Waals surface area contributed by atoms with Gasteiger partial charge in [-0.1, -0.05) is 15.9 Å². The fourth-order valence-electron chi connectivity index (χ4n) is 2.20. The van der Waals surface area contributed by atoms with E-state index in [2.05, 4.69) is 42.4 Å². The number of ether oxygens (including phenoxy) is 1. The molecule has 0 radical (unpaired) electrons. The first-order chi connectivity index (χ1) is 12.0. The quantitative estimate of drug-likeness (QED) is 0.439. The Kier molecular flexibility index (Phi) is 5.10. The molecule has 0 atom stereocenters. The van der Waals surface area contributed by atoms with Gasteiger partial charge in [-0.25, -0.2) is 5.43 Å². The van der Waals surface area contributed by atoms with Crippen LogP contribution >= 0.6 is 31.9 Å². The molecular formula is C17H12Br2N2O4. The molecular weight excluding hydrogens is 456 g/mol. The zero-order valence-electron chi connectivity index (χ0n) is 12.9. The second-order valence-electron chi connectivity index (χ2n) is 5.05. The number of carbonyl (C=O) groups excluding carboxylic acids is 1. The van der Waals surface area contributed by atoms with E-state index in [4.69, 9.17) is 9.15 Å². The van der Waals surface area contributed by atoms with Gasteiger partial charge in [-0.3, -0.25) is 4.79 Å². The molecule has 0 saturated heterocycles. The number of furan rings is 1. The van der Waals surface area contributed by atoms with E-state index >= 15 is 0 Å². The van der Waals surface area contributed by atoms with Crippen molar-refractivity contribution >= 4 is 55.0 Å². The summed E-state index contributed by atoms with van der Waals surface area (Å²) in [5, 5.41) is 14.4. The highest BCUT2D eigenvalue weighted by atomic mass is 79.9. The second-order valence-corrected chi connectivity index (χ2v) is 6.82. The van der Waals surface area contributed by atoms with E-state index in [-0.39, 0.29) is 11.5 Å². The molecule has 0 aliphatic rings. The number of hydrazone groups is 1. The summed E-state index contributed by atoms with van der Waals surface area (Å²) in [6.07, 6.45) is 1.41. The normalized spacial score (nSPS) is 11.2. The van der Waals surface area contributed by atoms with E-state index < -0.39 is 5.91 Å². The molecule has 8 heteroatoms. The van der Waals surface area contributed by atoms with Crippen LogP contribution in [0.1, 0.15) is 16.1 Å². The van der Waals surface area contributed by atoms with Crippen LogP contribution in [0.15, 0.2) is 54.9 Å². The first-order valence-electron chi connectivity index (χ1n) is 7.07. The lowest BCUT2D eigenvalue weighted by atomic mass is 10.2. The summed E-state index contributed by atoms with van der Waals surface area (Å²) in [6, 6.07) is 10.1. The molecule has 0 unspecified atom stereocenters. The molecule has 0 saturated carbocycles. The molecule has 25 heavy (non-hydrogen) atoms. The maximum absolute atomic E-state index is 12.2. The number of benzene rings is 2. The molecule has 3 aromatic rings. The Morgan fingerprint density at radius 2 is 2.08 bits per heavy atom. The van der Waals surface area contributed by atoms with Gasteiger partial charge in [0.2, 0.25) is 0 Å². The molecule has 2 aromatic carbocycles. The highest BCUT2D eigenvalue weighted by Gasteiger charge is 2.14. The van der Waals surface area contributed by atoms with Crippen LogP contribution in [0.25, 0.3) is 11.0 Å². The van der Waals surface area contributed by atoms with Crippen LogP contribution in [0.3, 0.4) is 0 Å². The Morgan fingerprint density at radius 3 is 2.80 bits per heavy atom. The third-order valence-electron chi connectivity index (χ3n) is 3.34. The van der Waals surface area contributed by atoms with E-state index in [1.54, 1.807) is 18.2 Å². The number of nitrogens with zero attached hydrogens (tertiary/aromatic N) is 1. The van der Waals surface area contributed by atoms with Gasteiger partial charge < -0.3 is 14.3 Å². The zero-order valence-corrected chi connectivity index (χ0v) is 16.1. The van der Waals surface area contributed by atoms with Gasteiger partial charge in [-0.05, 0) is 57.9 Å². The van der Waals surface area contributed by atoms with Crippen LogP contribution in [0.2, 0.25) is 0 Å². The fourth-order valence-corrected chi connectivity index (χ4v) is 3.53. The first kappa shape index (κ1) is 17.5. The zero-order chi connectivity index (χ0) is 18.0. The van der Waals surface area contributed by atoms with Crippen LogP contribution in [0, 0.1) is 0 Å². The summed E-state index contributed by atoms with van der Waals surface area (Å²) in [4.78, 5) is 12.2. The van der Waals surface area contributed by atoms with Crippen molar-refractivity contribution in [3.8, 4) is 11.5 Å². The van der Waals surface area contributed by atoms with E-state index in [9.17, 15) is 9.90 Å². The third-order valence-corrected chi connectivity index (χ3v) is 4.39. The van der Waals surface area contributed by atoms with Crippen molar-refractivity contribution in [3.05, 3.63) is 56.7 Å². The number of amides is 1. The SMILES string of the molecule is COc1ccc(/C=N\NC(=O)c2cc3cc(Br)cc(Br)c3o2)cc1O. The molecule has 0 bridgehead atoms. The molecule has 6 nitrogen and oxygen atoms in total. The molecule has 0 spiro atoms. The van der Waals surface area contributed by atoms with Gasteiger partial charge >= 0.3 is 5.91 Å². The molecule has 3 rings (SSSR count). The summed E-state index contributed by atoms with van der Waals surface area (Å²) in [5.41, 5.74) is 3.57. The Balaban J connectivity index is 1.74. The number of carbonyl (C=O) groups is 1. The number of rotatable bonds is 4. The standard InChI is InChI=1S/C17H12Br2N2O4/c1-24-14-3-2-9(4-13(14)22)8-20-21-17(23)15-6-10-5-11(18)7-12(19)16(10)25-15/h2-8,22H,1H3,(H,21,23)/b20-8-. The highest BCUT2D eigenvalue weighted by molar-refractivity contribution is 9.11. The predicted octanol–water partition coefficient (Wildman–Crippen LogP) is 4.44. The predicted molar refractivity (Wildman–Crippen MR) is 101 cm³/mol. The Morgan fingerprint density at radius 1 is 1.28 bits per heavy atom. The van der Waals surface area contributed by atoms with Gasteiger partial charge in [-0.15, -0.1) is 0 Å². The van der Waals surface area contributed by atoms with Crippen LogP contribution in [0.4, 0.5) is 0 Å². The number of phenols is 1. The number of nitrogens with one attached hydrogen (secondary N) is 1. The number of methoxy groups -OCH3 is 1. The highest BCUT2D eigenvalue weighted by Crippen LogP contribution is 2.31. The Bertz CT molecular complexity index is 982. The molecule has 0 fully saturated rings. The number of hydrogen-bond donors (Lipinski definition) is 2. The maximum atomic E-state index is 12.2. The van der Waals surface area contributed by atoms with E-state index in [1.165, 1.54) is 19.4 Å². The number of phenolic OH excluding ortho intramolecular Hbond substituents is 1. The van der Waals surface area contributed by atoms with Crippen molar-refractivity contribution in [3.63, 3.8) is 0 Å². The summed E-state index contributed by atoms with van der Waals surface area (Å²) in [5.74, 6) is 0.0161. The van der Waals surface area contributed by atoms with Crippen molar-refractivity contribution in [1.82, 2.24) is 5.43 Å². The van der Waals surface area contributed by atoms with Gasteiger partial charge in [0, 0.05) is 9.86 Å². The number of hydrogen-bond acceptors (Lipinski definition) is 5. The minimum atomic E-state index is -0.479. The summed E-state index contributed by atoms with van der Waals surface area (Å²) >= 11 is 6.78. The molecule has 0 aliphatic heterocycles. The molecule has 0 aliphatic carbocycles. The topological polar surface area (TPSA) is 84.1 Å². The number of aromatic hydroxyl groups is 1. The van der Waals surface area contributed by atoms with E-state index in [1.807, 2.05) is 12.1 Å².